The zero-order chi connectivity index (χ0) is 24.7. The van der Waals surface area contributed by atoms with E-state index in [0.29, 0.717) is 13.2 Å². The molecule has 34 heavy (non-hydrogen) atoms. The molecule has 1 aromatic heterocycles. The van der Waals surface area contributed by atoms with Crippen molar-refractivity contribution < 1.29 is 42.9 Å². The Morgan fingerprint density at radius 1 is 0.824 bits per heavy atom. The van der Waals surface area contributed by atoms with E-state index in [9.17, 15) is 0 Å². The van der Waals surface area contributed by atoms with Crippen LogP contribution in [0.3, 0.4) is 0 Å². The smallest absolute Gasteiger partial charge is 0.262 e. The molecule has 0 bridgehead atoms. The third-order valence-electron chi connectivity index (χ3n) is 5.64. The van der Waals surface area contributed by atoms with Crippen LogP contribution in [0, 0.1) is 17.2 Å². The summed E-state index contributed by atoms with van der Waals surface area (Å²) in [6.07, 6.45) is 4.86. The van der Waals surface area contributed by atoms with E-state index in [1.165, 1.54) is 47.7 Å². The van der Waals surface area contributed by atoms with Gasteiger partial charge in [0.05, 0.1) is 19.8 Å². The van der Waals surface area contributed by atoms with Gasteiger partial charge in [0.25, 0.3) is 5.82 Å². The fourth-order valence-electron chi connectivity index (χ4n) is 4.40. The van der Waals surface area contributed by atoms with Crippen molar-refractivity contribution in [2.75, 3.05) is 13.2 Å². The van der Waals surface area contributed by atoms with Crippen molar-refractivity contribution in [2.45, 2.75) is 53.0 Å². The molecule has 184 valence electrons. The molecule has 0 aliphatic carbocycles. The minimum Gasteiger partial charge on any atom is -0.494 e. The van der Waals surface area contributed by atoms with E-state index in [1.807, 2.05) is 13.8 Å². The first kappa shape index (κ1) is 26.0. The summed E-state index contributed by atoms with van der Waals surface area (Å²) < 4.78 is 50.2. The van der Waals surface area contributed by atoms with Crippen LogP contribution in [0.2, 0.25) is 0 Å². The van der Waals surface area contributed by atoms with Gasteiger partial charge in [-0.3, -0.25) is 0 Å². The molecule has 0 radical (unpaired) electrons. The standard InChI is InChI=1S/C25H31N2O2.ClHO4/c1-4-28-22-14-10-20(11-15-22)25-19(3)27(24-9-7-6-8-18-26(24)25)21-12-16-23(17-13-21)29-5-2;2-1(3,4)5/h10-17H,4-9,18H2,1-3H3;(H,2,3,4,5)/q+1;/p-1. The van der Waals surface area contributed by atoms with E-state index in [0.717, 1.165) is 24.5 Å². The molecule has 2 aromatic carbocycles. The van der Waals surface area contributed by atoms with E-state index in [-0.39, 0.29) is 0 Å². The lowest BCUT2D eigenvalue weighted by Crippen LogP contribution is -2.68. The van der Waals surface area contributed by atoms with E-state index < -0.39 is 10.2 Å². The zero-order valence-electron chi connectivity index (χ0n) is 19.8. The number of aromatic nitrogens is 2. The zero-order valence-corrected chi connectivity index (χ0v) is 20.5. The van der Waals surface area contributed by atoms with Crippen LogP contribution >= 0.6 is 0 Å². The predicted octanol–water partition coefficient (Wildman–Crippen LogP) is 0.508. The Morgan fingerprint density at radius 2 is 1.35 bits per heavy atom. The molecule has 0 saturated heterocycles. The molecule has 1 aliphatic heterocycles. The second-order valence-corrected chi connectivity index (χ2v) is 8.67. The van der Waals surface area contributed by atoms with Gasteiger partial charge in [0.15, 0.2) is 11.4 Å². The van der Waals surface area contributed by atoms with E-state index >= 15 is 0 Å². The maximum Gasteiger partial charge on any atom is 0.262 e. The van der Waals surface area contributed by atoms with Crippen LogP contribution in [0.15, 0.2) is 48.5 Å². The maximum atomic E-state index is 8.49. The number of hydrogen-bond acceptors (Lipinski definition) is 6. The van der Waals surface area contributed by atoms with Crippen LogP contribution in [0.25, 0.3) is 16.9 Å². The molecule has 0 unspecified atom stereocenters. The number of benzene rings is 2. The Morgan fingerprint density at radius 3 is 1.88 bits per heavy atom. The lowest BCUT2D eigenvalue weighted by atomic mass is 10.1. The van der Waals surface area contributed by atoms with Crippen LogP contribution in [-0.2, 0) is 13.0 Å². The third kappa shape index (κ3) is 6.71. The Kier molecular flexibility index (Phi) is 8.93. The van der Waals surface area contributed by atoms with Crippen molar-refractivity contribution in [3.05, 3.63) is 60.0 Å². The molecular weight excluding hydrogens is 460 g/mol. The summed E-state index contributed by atoms with van der Waals surface area (Å²) in [7, 11) is -4.94. The Balaban J connectivity index is 0.000000588. The van der Waals surface area contributed by atoms with Gasteiger partial charge in [-0.05, 0) is 81.6 Å². The van der Waals surface area contributed by atoms with Crippen molar-refractivity contribution in [2.24, 2.45) is 0 Å². The number of ether oxygens (including phenoxy) is 2. The molecule has 0 saturated carbocycles. The van der Waals surface area contributed by atoms with Gasteiger partial charge in [0.1, 0.15) is 17.2 Å². The summed E-state index contributed by atoms with van der Waals surface area (Å²) >= 11 is 0. The number of nitrogens with zero attached hydrogens (tertiary/aromatic N) is 2. The molecule has 8 nitrogen and oxygen atoms in total. The van der Waals surface area contributed by atoms with Gasteiger partial charge >= 0.3 is 0 Å². The fourth-order valence-corrected chi connectivity index (χ4v) is 4.40. The number of rotatable bonds is 6. The van der Waals surface area contributed by atoms with E-state index in [1.54, 1.807) is 0 Å². The van der Waals surface area contributed by atoms with Gasteiger partial charge in [0.2, 0.25) is 0 Å². The average Bonchev–Trinajstić information content (AvgIpc) is 2.90. The minimum absolute atomic E-state index is 0.690. The lowest BCUT2D eigenvalue weighted by molar-refractivity contribution is -2.00. The normalized spacial score (nSPS) is 13.4. The molecular formula is C25H31ClN2O6. The number of halogens is 1. The first-order chi connectivity index (χ1) is 16.2. The number of fused-ring (bicyclic) bond motifs is 1. The summed E-state index contributed by atoms with van der Waals surface area (Å²) in [4.78, 5) is 0. The summed E-state index contributed by atoms with van der Waals surface area (Å²) in [6.45, 7) is 8.73. The van der Waals surface area contributed by atoms with Gasteiger partial charge in [-0.2, -0.15) is 4.57 Å². The molecule has 0 atom stereocenters. The van der Waals surface area contributed by atoms with Crippen LogP contribution < -0.4 is 32.7 Å². The monoisotopic (exact) mass is 490 g/mol. The number of imidazole rings is 1. The van der Waals surface area contributed by atoms with Gasteiger partial charge in [-0.25, -0.2) is 23.2 Å². The van der Waals surface area contributed by atoms with E-state index in [4.69, 9.17) is 28.1 Å². The Bertz CT molecular complexity index is 976. The van der Waals surface area contributed by atoms with Crippen LogP contribution in [0.4, 0.5) is 0 Å². The summed E-state index contributed by atoms with van der Waals surface area (Å²) in [5.41, 5.74) is 5.06. The molecule has 9 heteroatoms. The molecule has 2 heterocycles. The molecule has 0 fully saturated rings. The first-order valence-electron chi connectivity index (χ1n) is 11.4. The highest BCUT2D eigenvalue weighted by molar-refractivity contribution is 5.61. The number of hydrogen-bond donors (Lipinski definition) is 0. The van der Waals surface area contributed by atoms with Crippen LogP contribution in [0.1, 0.15) is 44.6 Å². The molecule has 3 aromatic rings. The van der Waals surface area contributed by atoms with Gasteiger partial charge in [0, 0.05) is 18.9 Å². The van der Waals surface area contributed by atoms with Crippen LogP contribution in [0.5, 0.6) is 11.5 Å². The minimum atomic E-state index is -4.94. The second-order valence-electron chi connectivity index (χ2n) is 7.91. The summed E-state index contributed by atoms with van der Waals surface area (Å²) in [5.74, 6) is 3.25. The third-order valence-corrected chi connectivity index (χ3v) is 5.64. The molecule has 0 spiro atoms. The van der Waals surface area contributed by atoms with Gasteiger partial charge < -0.3 is 9.47 Å². The van der Waals surface area contributed by atoms with Crippen molar-refractivity contribution >= 4 is 0 Å². The quantitative estimate of drug-likeness (QED) is 0.464. The predicted molar refractivity (Wildman–Crippen MR) is 116 cm³/mol. The van der Waals surface area contributed by atoms with Crippen LogP contribution in [-0.4, -0.2) is 17.8 Å². The molecule has 4 rings (SSSR count). The first-order valence-corrected chi connectivity index (χ1v) is 12.7. The largest absolute Gasteiger partial charge is 0.494 e. The highest BCUT2D eigenvalue weighted by Gasteiger charge is 2.31. The van der Waals surface area contributed by atoms with Gasteiger partial charge in [-0.15, -0.1) is 10.2 Å². The average molecular weight is 491 g/mol. The van der Waals surface area contributed by atoms with E-state index in [2.05, 4.69) is 64.6 Å². The Hall–Kier alpha value is -2.62. The SMILES string of the molecule is CCOc1ccc(-c2c(C)n(-c3ccc(OCC)cc3)c3[n+]2CCCCC3)cc1.[O-][Cl+3]([O-])([O-])[O-]. The van der Waals surface area contributed by atoms with Crippen molar-refractivity contribution in [1.82, 2.24) is 4.57 Å². The van der Waals surface area contributed by atoms with Crippen molar-refractivity contribution in [3.63, 3.8) is 0 Å². The highest BCUT2D eigenvalue weighted by atomic mass is 35.7. The summed E-state index contributed by atoms with van der Waals surface area (Å²) in [6, 6.07) is 17.0. The second kappa shape index (κ2) is 11.7. The van der Waals surface area contributed by atoms with Crippen molar-refractivity contribution in [1.29, 1.82) is 0 Å². The summed E-state index contributed by atoms with van der Waals surface area (Å²) in [5, 5.41) is 0. The maximum absolute atomic E-state index is 8.49. The molecule has 1 aliphatic rings. The van der Waals surface area contributed by atoms with Crippen molar-refractivity contribution in [3.8, 4) is 28.4 Å². The van der Waals surface area contributed by atoms with Gasteiger partial charge in [-0.1, -0.05) is 0 Å². The Labute approximate surface area is 202 Å². The fraction of sp³-hybridized carbons (Fsp3) is 0.400. The molecule has 0 amide bonds. The molecule has 0 N–H and O–H groups in total. The highest BCUT2D eigenvalue weighted by Crippen LogP contribution is 2.29. The lowest BCUT2D eigenvalue weighted by Gasteiger charge is -2.17. The topological polar surface area (TPSA) is 120 Å².